The van der Waals surface area contributed by atoms with E-state index in [1.807, 2.05) is 0 Å². The minimum absolute atomic E-state index is 0.431. The summed E-state index contributed by atoms with van der Waals surface area (Å²) in [6.07, 6.45) is 8.25. The quantitative estimate of drug-likeness (QED) is 0.678. The Hall–Kier alpha value is -0.0800. The molecule has 2 N–H and O–H groups in total. The fraction of sp³-hybridized carbons (Fsp3) is 1.00. The summed E-state index contributed by atoms with van der Waals surface area (Å²) >= 11 is 0. The maximum absolute atomic E-state index is 5.93. The Balaban J connectivity index is 2.53. The number of hydrogen-bond acceptors (Lipinski definition) is 2. The highest BCUT2D eigenvalue weighted by molar-refractivity contribution is 4.84. The first-order valence-electron chi connectivity index (χ1n) is 5.53. The molecular formula is C11H24N2. The largest absolute Gasteiger partial charge is 0.330 e. The number of nitrogens with two attached hydrogens (primary N) is 1. The van der Waals surface area contributed by atoms with Crippen molar-refractivity contribution in [3.05, 3.63) is 0 Å². The van der Waals surface area contributed by atoms with E-state index in [2.05, 4.69) is 19.0 Å². The van der Waals surface area contributed by atoms with Crippen molar-refractivity contribution in [1.29, 1.82) is 0 Å². The molecule has 0 amide bonds. The van der Waals surface area contributed by atoms with Gasteiger partial charge in [-0.1, -0.05) is 25.7 Å². The second kappa shape index (κ2) is 4.97. The summed E-state index contributed by atoms with van der Waals surface area (Å²) in [4.78, 5) is 2.29. The summed E-state index contributed by atoms with van der Waals surface area (Å²) in [6, 6.07) is 0. The van der Waals surface area contributed by atoms with E-state index in [1.165, 1.54) is 45.1 Å². The second-order valence-corrected chi connectivity index (χ2v) is 4.86. The van der Waals surface area contributed by atoms with Gasteiger partial charge >= 0.3 is 0 Å². The third kappa shape index (κ3) is 3.28. The van der Waals surface area contributed by atoms with Crippen molar-refractivity contribution in [2.75, 3.05) is 27.2 Å². The maximum Gasteiger partial charge on any atom is 0.00440 e. The SMILES string of the molecule is CN(C)CC1(CN)CCCCCC1. The van der Waals surface area contributed by atoms with Crippen LogP contribution >= 0.6 is 0 Å². The van der Waals surface area contributed by atoms with Gasteiger partial charge < -0.3 is 10.6 Å². The standard InChI is InChI=1S/C11H24N2/c1-13(2)10-11(9-12)7-5-3-4-6-8-11/h3-10,12H2,1-2H3. The fourth-order valence-electron chi connectivity index (χ4n) is 2.58. The molecule has 0 radical (unpaired) electrons. The van der Waals surface area contributed by atoms with Crippen LogP contribution in [0.15, 0.2) is 0 Å². The van der Waals surface area contributed by atoms with Crippen molar-refractivity contribution in [2.45, 2.75) is 38.5 Å². The Morgan fingerprint density at radius 3 is 2.00 bits per heavy atom. The molecule has 0 atom stereocenters. The van der Waals surface area contributed by atoms with E-state index >= 15 is 0 Å². The molecule has 0 aliphatic heterocycles. The summed E-state index contributed by atoms with van der Waals surface area (Å²) in [7, 11) is 4.31. The van der Waals surface area contributed by atoms with Gasteiger partial charge in [0.1, 0.15) is 0 Å². The number of rotatable bonds is 3. The van der Waals surface area contributed by atoms with Crippen LogP contribution in [0.1, 0.15) is 38.5 Å². The molecule has 1 aliphatic carbocycles. The zero-order valence-electron chi connectivity index (χ0n) is 9.18. The van der Waals surface area contributed by atoms with E-state index < -0.39 is 0 Å². The Morgan fingerprint density at radius 2 is 1.62 bits per heavy atom. The topological polar surface area (TPSA) is 29.3 Å². The normalized spacial score (nSPS) is 23.1. The van der Waals surface area contributed by atoms with Gasteiger partial charge in [-0.05, 0) is 38.9 Å². The molecule has 1 saturated carbocycles. The maximum atomic E-state index is 5.93. The molecule has 0 heterocycles. The minimum Gasteiger partial charge on any atom is -0.330 e. The molecule has 13 heavy (non-hydrogen) atoms. The lowest BCUT2D eigenvalue weighted by Crippen LogP contribution is -2.39. The molecule has 0 bridgehead atoms. The Labute approximate surface area is 82.5 Å². The van der Waals surface area contributed by atoms with Crippen molar-refractivity contribution in [2.24, 2.45) is 11.1 Å². The van der Waals surface area contributed by atoms with Crippen LogP contribution in [-0.4, -0.2) is 32.1 Å². The Kier molecular flexibility index (Phi) is 4.20. The molecule has 0 aromatic rings. The number of nitrogens with zero attached hydrogens (tertiary/aromatic N) is 1. The van der Waals surface area contributed by atoms with Crippen LogP contribution in [0, 0.1) is 5.41 Å². The van der Waals surface area contributed by atoms with Crippen LogP contribution in [0.25, 0.3) is 0 Å². The Morgan fingerprint density at radius 1 is 1.08 bits per heavy atom. The lowest BCUT2D eigenvalue weighted by molar-refractivity contribution is 0.177. The lowest BCUT2D eigenvalue weighted by atomic mass is 9.80. The van der Waals surface area contributed by atoms with E-state index in [0.29, 0.717) is 5.41 Å². The van der Waals surface area contributed by atoms with E-state index in [-0.39, 0.29) is 0 Å². The van der Waals surface area contributed by atoms with E-state index in [1.54, 1.807) is 0 Å². The zero-order valence-corrected chi connectivity index (χ0v) is 9.18. The molecule has 0 unspecified atom stereocenters. The minimum atomic E-state index is 0.431. The third-order valence-electron chi connectivity index (χ3n) is 3.25. The summed E-state index contributed by atoms with van der Waals surface area (Å²) < 4.78 is 0. The van der Waals surface area contributed by atoms with Gasteiger partial charge in [-0.3, -0.25) is 0 Å². The fourth-order valence-corrected chi connectivity index (χ4v) is 2.58. The Bertz CT molecular complexity index is 135. The monoisotopic (exact) mass is 184 g/mol. The first-order chi connectivity index (χ1) is 6.18. The molecule has 2 heteroatoms. The zero-order chi connectivity index (χ0) is 9.73. The molecule has 2 nitrogen and oxygen atoms in total. The lowest BCUT2D eigenvalue weighted by Gasteiger charge is -2.34. The van der Waals surface area contributed by atoms with Crippen LogP contribution in [0.4, 0.5) is 0 Å². The van der Waals surface area contributed by atoms with Crippen LogP contribution in [0.2, 0.25) is 0 Å². The molecule has 1 aliphatic rings. The molecular weight excluding hydrogens is 160 g/mol. The summed E-state index contributed by atoms with van der Waals surface area (Å²) in [6.45, 7) is 2.04. The predicted octanol–water partition coefficient (Wildman–Crippen LogP) is 1.85. The smallest absolute Gasteiger partial charge is 0.00440 e. The van der Waals surface area contributed by atoms with Crippen molar-refractivity contribution < 1.29 is 0 Å². The van der Waals surface area contributed by atoms with E-state index in [0.717, 1.165) is 6.54 Å². The molecule has 78 valence electrons. The molecule has 0 aromatic heterocycles. The van der Waals surface area contributed by atoms with E-state index in [4.69, 9.17) is 5.73 Å². The molecule has 0 spiro atoms. The van der Waals surface area contributed by atoms with Crippen molar-refractivity contribution in [3.8, 4) is 0 Å². The van der Waals surface area contributed by atoms with Gasteiger partial charge in [-0.15, -0.1) is 0 Å². The summed E-state index contributed by atoms with van der Waals surface area (Å²) in [5.41, 5.74) is 6.36. The van der Waals surface area contributed by atoms with Gasteiger partial charge in [0, 0.05) is 6.54 Å². The van der Waals surface area contributed by atoms with Gasteiger partial charge in [-0.2, -0.15) is 0 Å². The predicted molar refractivity (Wildman–Crippen MR) is 57.7 cm³/mol. The van der Waals surface area contributed by atoms with Crippen molar-refractivity contribution in [3.63, 3.8) is 0 Å². The van der Waals surface area contributed by atoms with E-state index in [9.17, 15) is 0 Å². The highest BCUT2D eigenvalue weighted by atomic mass is 15.1. The van der Waals surface area contributed by atoms with Gasteiger partial charge in [0.15, 0.2) is 0 Å². The molecule has 1 rings (SSSR count). The van der Waals surface area contributed by atoms with Gasteiger partial charge in [0.25, 0.3) is 0 Å². The van der Waals surface area contributed by atoms with Crippen LogP contribution < -0.4 is 5.73 Å². The average Bonchev–Trinajstić information content (AvgIpc) is 2.30. The molecule has 1 fully saturated rings. The van der Waals surface area contributed by atoms with Crippen LogP contribution in [-0.2, 0) is 0 Å². The summed E-state index contributed by atoms with van der Waals surface area (Å²) in [5.74, 6) is 0. The first-order valence-corrected chi connectivity index (χ1v) is 5.53. The van der Waals surface area contributed by atoms with Crippen LogP contribution in [0.5, 0.6) is 0 Å². The van der Waals surface area contributed by atoms with Gasteiger partial charge in [0.05, 0.1) is 0 Å². The number of hydrogen-bond donors (Lipinski definition) is 1. The highest BCUT2D eigenvalue weighted by Gasteiger charge is 2.29. The van der Waals surface area contributed by atoms with Crippen molar-refractivity contribution >= 4 is 0 Å². The molecule has 0 saturated heterocycles. The van der Waals surface area contributed by atoms with Gasteiger partial charge in [0.2, 0.25) is 0 Å². The van der Waals surface area contributed by atoms with Gasteiger partial charge in [-0.25, -0.2) is 0 Å². The van der Waals surface area contributed by atoms with Crippen molar-refractivity contribution in [1.82, 2.24) is 4.90 Å². The third-order valence-corrected chi connectivity index (χ3v) is 3.25. The average molecular weight is 184 g/mol. The molecule has 0 aromatic carbocycles. The second-order valence-electron chi connectivity index (χ2n) is 4.86. The first kappa shape index (κ1) is 11.0. The van der Waals surface area contributed by atoms with Crippen LogP contribution in [0.3, 0.4) is 0 Å². The summed E-state index contributed by atoms with van der Waals surface area (Å²) in [5, 5.41) is 0. The highest BCUT2D eigenvalue weighted by Crippen LogP contribution is 2.34.